The van der Waals surface area contributed by atoms with Crippen molar-refractivity contribution in [1.82, 2.24) is 24.9 Å². The molecule has 0 saturated carbocycles. The Hall–Kier alpha value is -1.41. The van der Waals surface area contributed by atoms with E-state index in [0.29, 0.717) is 12.6 Å². The molecular weight excluding hydrogens is 370 g/mol. The maximum atomic E-state index is 12.2. The lowest BCUT2D eigenvalue weighted by atomic mass is 10.0. The summed E-state index contributed by atoms with van der Waals surface area (Å²) in [6.45, 7) is 5.35. The predicted molar refractivity (Wildman–Crippen MR) is 107 cm³/mol. The highest BCUT2D eigenvalue weighted by Crippen LogP contribution is 2.29. The second-order valence-electron chi connectivity index (χ2n) is 6.96. The van der Waals surface area contributed by atoms with Crippen LogP contribution in [-0.2, 0) is 18.4 Å². The normalized spacial score (nSPS) is 21.7. The van der Waals surface area contributed by atoms with Gasteiger partial charge in [0.1, 0.15) is 0 Å². The first-order chi connectivity index (χ1) is 12.2. The standard InChI is InChI=1S/C18H25N5OS.ClH/c1-21-11-14(9-20-21)17-5-4-16(25-17)13-22-7-2-3-15(12-22)23-8-6-19-10-18(23)24;/h4-5,9,11,15,19H,2-3,6-8,10,12-13H2,1H3;1H. The number of aromatic nitrogens is 2. The fourth-order valence-electron chi connectivity index (χ4n) is 3.82. The minimum absolute atomic E-state index is 0. The monoisotopic (exact) mass is 395 g/mol. The molecule has 2 fully saturated rings. The molecule has 1 N–H and O–H groups in total. The second-order valence-corrected chi connectivity index (χ2v) is 8.13. The van der Waals surface area contributed by atoms with Gasteiger partial charge in [0.05, 0.1) is 12.7 Å². The molecule has 4 rings (SSSR count). The Labute approximate surface area is 164 Å². The van der Waals surface area contributed by atoms with Gasteiger partial charge in [0.25, 0.3) is 0 Å². The highest BCUT2D eigenvalue weighted by Gasteiger charge is 2.29. The number of thiophene rings is 1. The summed E-state index contributed by atoms with van der Waals surface area (Å²) in [7, 11) is 1.95. The number of likely N-dealkylation sites (tertiary alicyclic amines) is 1. The zero-order chi connectivity index (χ0) is 17.2. The van der Waals surface area contributed by atoms with E-state index in [1.54, 1.807) is 0 Å². The number of hydrogen-bond acceptors (Lipinski definition) is 5. The van der Waals surface area contributed by atoms with E-state index in [-0.39, 0.29) is 18.3 Å². The molecule has 6 nitrogen and oxygen atoms in total. The zero-order valence-corrected chi connectivity index (χ0v) is 16.7. The summed E-state index contributed by atoms with van der Waals surface area (Å²) in [6, 6.07) is 4.80. The number of piperazine rings is 1. The molecule has 2 saturated heterocycles. The second kappa shape index (κ2) is 8.52. The van der Waals surface area contributed by atoms with Crippen molar-refractivity contribution in [2.75, 3.05) is 32.7 Å². The van der Waals surface area contributed by atoms with Gasteiger partial charge in [-0.15, -0.1) is 23.7 Å². The Morgan fingerprint density at radius 2 is 2.23 bits per heavy atom. The van der Waals surface area contributed by atoms with Crippen LogP contribution in [0.25, 0.3) is 10.4 Å². The van der Waals surface area contributed by atoms with Crippen LogP contribution in [0.5, 0.6) is 0 Å². The summed E-state index contributed by atoms with van der Waals surface area (Å²) in [5, 5.41) is 7.42. The molecule has 2 aromatic rings. The van der Waals surface area contributed by atoms with Gasteiger partial charge in [-0.3, -0.25) is 14.4 Å². The summed E-state index contributed by atoms with van der Waals surface area (Å²) < 4.78 is 1.84. The van der Waals surface area contributed by atoms with Gasteiger partial charge in [-0.25, -0.2) is 0 Å². The van der Waals surface area contributed by atoms with Gasteiger partial charge in [0.2, 0.25) is 5.91 Å². The average molecular weight is 396 g/mol. The predicted octanol–water partition coefficient (Wildman–Crippen LogP) is 1.97. The van der Waals surface area contributed by atoms with Crippen molar-refractivity contribution in [3.8, 4) is 10.4 Å². The van der Waals surface area contributed by atoms with Gasteiger partial charge in [0, 0.05) is 60.8 Å². The molecule has 26 heavy (non-hydrogen) atoms. The SMILES string of the molecule is Cl.Cn1cc(-c2ccc(CN3CCCC(N4CCNCC4=O)C3)s2)cn1. The van der Waals surface area contributed by atoms with Crippen molar-refractivity contribution in [3.63, 3.8) is 0 Å². The van der Waals surface area contributed by atoms with Crippen molar-refractivity contribution >= 4 is 29.7 Å². The number of carbonyl (C=O) groups excluding carboxylic acids is 1. The van der Waals surface area contributed by atoms with E-state index in [1.807, 2.05) is 29.3 Å². The Kier molecular flexibility index (Phi) is 6.34. The molecule has 4 heterocycles. The number of carbonyl (C=O) groups is 1. The van der Waals surface area contributed by atoms with Crippen LogP contribution < -0.4 is 5.32 Å². The van der Waals surface area contributed by atoms with Crippen LogP contribution in [0.15, 0.2) is 24.5 Å². The third kappa shape index (κ3) is 4.28. The van der Waals surface area contributed by atoms with Crippen molar-refractivity contribution in [3.05, 3.63) is 29.4 Å². The third-order valence-electron chi connectivity index (χ3n) is 5.08. The molecule has 0 aliphatic carbocycles. The maximum absolute atomic E-state index is 12.2. The molecule has 0 aromatic carbocycles. The van der Waals surface area contributed by atoms with Crippen molar-refractivity contribution in [1.29, 1.82) is 0 Å². The van der Waals surface area contributed by atoms with Gasteiger partial charge >= 0.3 is 0 Å². The largest absolute Gasteiger partial charge is 0.336 e. The molecule has 2 aliphatic rings. The minimum atomic E-state index is 0. The van der Waals surface area contributed by atoms with Gasteiger partial charge in [0.15, 0.2) is 0 Å². The number of piperidine rings is 1. The highest BCUT2D eigenvalue weighted by molar-refractivity contribution is 7.15. The van der Waals surface area contributed by atoms with E-state index in [1.165, 1.54) is 21.7 Å². The summed E-state index contributed by atoms with van der Waals surface area (Å²) >= 11 is 1.84. The van der Waals surface area contributed by atoms with E-state index in [2.05, 4.69) is 38.5 Å². The number of rotatable bonds is 4. The van der Waals surface area contributed by atoms with E-state index in [4.69, 9.17) is 0 Å². The van der Waals surface area contributed by atoms with Gasteiger partial charge in [-0.1, -0.05) is 0 Å². The summed E-state index contributed by atoms with van der Waals surface area (Å²) in [5.41, 5.74) is 1.18. The quantitative estimate of drug-likeness (QED) is 0.859. The Morgan fingerprint density at radius 3 is 3.00 bits per heavy atom. The molecule has 2 aliphatic heterocycles. The van der Waals surface area contributed by atoms with E-state index in [0.717, 1.165) is 39.1 Å². The fraction of sp³-hybridized carbons (Fsp3) is 0.556. The fourth-order valence-corrected chi connectivity index (χ4v) is 4.85. The van der Waals surface area contributed by atoms with Crippen LogP contribution in [0.4, 0.5) is 0 Å². The van der Waals surface area contributed by atoms with Crippen LogP contribution in [0.3, 0.4) is 0 Å². The van der Waals surface area contributed by atoms with Gasteiger partial charge < -0.3 is 10.2 Å². The summed E-state index contributed by atoms with van der Waals surface area (Å²) in [6.07, 6.45) is 6.28. The zero-order valence-electron chi connectivity index (χ0n) is 15.1. The molecule has 2 aromatic heterocycles. The Bertz CT molecular complexity index is 746. The molecule has 0 bridgehead atoms. The molecule has 1 atom stereocenters. The molecule has 8 heteroatoms. The molecule has 0 radical (unpaired) electrons. The lowest BCUT2D eigenvalue weighted by molar-refractivity contribution is -0.135. The number of nitrogens with zero attached hydrogens (tertiary/aromatic N) is 4. The Morgan fingerprint density at radius 1 is 1.35 bits per heavy atom. The number of nitrogens with one attached hydrogen (secondary N) is 1. The van der Waals surface area contributed by atoms with Crippen molar-refractivity contribution < 1.29 is 4.79 Å². The van der Waals surface area contributed by atoms with Crippen LogP contribution in [-0.4, -0.2) is 64.3 Å². The van der Waals surface area contributed by atoms with Gasteiger partial charge in [-0.2, -0.15) is 5.10 Å². The van der Waals surface area contributed by atoms with E-state index >= 15 is 0 Å². The molecule has 1 amide bonds. The number of aryl methyl sites for hydroxylation is 1. The molecule has 142 valence electrons. The summed E-state index contributed by atoms with van der Waals surface area (Å²) in [4.78, 5) is 19.4. The molecule has 0 spiro atoms. The topological polar surface area (TPSA) is 53.4 Å². The van der Waals surface area contributed by atoms with Crippen LogP contribution in [0.1, 0.15) is 17.7 Å². The van der Waals surface area contributed by atoms with Crippen LogP contribution in [0.2, 0.25) is 0 Å². The summed E-state index contributed by atoms with van der Waals surface area (Å²) in [5.74, 6) is 0.257. The first-order valence-electron chi connectivity index (χ1n) is 8.99. The minimum Gasteiger partial charge on any atom is -0.336 e. The Balaban J connectivity index is 0.00000196. The lowest BCUT2D eigenvalue weighted by Crippen LogP contribution is -2.56. The van der Waals surface area contributed by atoms with E-state index < -0.39 is 0 Å². The number of hydrogen-bond donors (Lipinski definition) is 1. The average Bonchev–Trinajstić information content (AvgIpc) is 3.24. The first-order valence-corrected chi connectivity index (χ1v) is 9.81. The number of amides is 1. The first kappa shape index (κ1) is 19.4. The third-order valence-corrected chi connectivity index (χ3v) is 6.20. The van der Waals surface area contributed by atoms with E-state index in [9.17, 15) is 4.79 Å². The molecule has 1 unspecified atom stereocenters. The smallest absolute Gasteiger partial charge is 0.236 e. The maximum Gasteiger partial charge on any atom is 0.236 e. The highest BCUT2D eigenvalue weighted by atomic mass is 35.5. The van der Waals surface area contributed by atoms with Crippen LogP contribution in [0, 0.1) is 0 Å². The molecular formula is C18H26ClN5OS. The van der Waals surface area contributed by atoms with Gasteiger partial charge in [-0.05, 0) is 31.5 Å². The van der Waals surface area contributed by atoms with Crippen molar-refractivity contribution in [2.24, 2.45) is 7.05 Å². The van der Waals surface area contributed by atoms with Crippen LogP contribution >= 0.6 is 23.7 Å². The van der Waals surface area contributed by atoms with Crippen molar-refractivity contribution in [2.45, 2.75) is 25.4 Å². The lowest BCUT2D eigenvalue weighted by Gasteiger charge is -2.41. The number of halogens is 1.